The van der Waals surface area contributed by atoms with Crippen molar-refractivity contribution in [3.8, 4) is 6.07 Å². The molecule has 1 unspecified atom stereocenters. The van der Waals surface area contributed by atoms with Gasteiger partial charge in [0.05, 0.1) is 11.0 Å². The molecule has 0 bridgehead atoms. The zero-order valence-corrected chi connectivity index (χ0v) is 20.8. The van der Waals surface area contributed by atoms with Crippen LogP contribution in [0.2, 0.25) is 0 Å². The first-order valence-corrected chi connectivity index (χ1v) is 12.4. The first-order chi connectivity index (χ1) is 15.9. The van der Waals surface area contributed by atoms with Crippen LogP contribution >= 0.6 is 23.5 Å². The number of aryl methyl sites for hydroxylation is 2. The summed E-state index contributed by atoms with van der Waals surface area (Å²) in [6.07, 6.45) is 2.37. The van der Waals surface area contributed by atoms with E-state index in [4.69, 9.17) is 4.42 Å². The molecular formula is C24H27N5O2S2. The van der Waals surface area contributed by atoms with Gasteiger partial charge in [-0.2, -0.15) is 5.26 Å². The molecule has 0 saturated heterocycles. The number of carbonyl (C=O) groups excluding carboxylic acids is 1. The van der Waals surface area contributed by atoms with Crippen LogP contribution in [0.5, 0.6) is 0 Å². The fraction of sp³-hybridized carbons (Fsp3) is 0.333. The lowest BCUT2D eigenvalue weighted by atomic mass is 10.2. The number of hydrogen-bond donors (Lipinski definition) is 1. The maximum atomic E-state index is 13.0. The molecule has 2 heterocycles. The maximum absolute atomic E-state index is 13.0. The first kappa shape index (κ1) is 24.7. The molecule has 0 aliphatic carbocycles. The smallest absolute Gasteiger partial charge is 0.240 e. The maximum Gasteiger partial charge on any atom is 0.240 e. The first-order valence-electron chi connectivity index (χ1n) is 10.6. The molecule has 1 aromatic carbocycles. The highest BCUT2D eigenvalue weighted by atomic mass is 32.2. The average molecular weight is 482 g/mol. The largest absolute Gasteiger partial charge is 0.444 e. The van der Waals surface area contributed by atoms with Crippen LogP contribution in [-0.4, -0.2) is 25.9 Å². The normalized spacial score (nSPS) is 11.7. The molecule has 0 radical (unpaired) electrons. The summed E-state index contributed by atoms with van der Waals surface area (Å²) in [7, 11) is 0. The lowest BCUT2D eigenvalue weighted by Crippen LogP contribution is -2.25. The van der Waals surface area contributed by atoms with Crippen molar-refractivity contribution < 1.29 is 9.21 Å². The molecule has 3 rings (SSSR count). The Morgan fingerprint density at radius 3 is 2.67 bits per heavy atom. The zero-order chi connectivity index (χ0) is 24.0. The molecule has 0 aliphatic rings. The van der Waals surface area contributed by atoms with Crippen molar-refractivity contribution >= 4 is 35.3 Å². The minimum atomic E-state index is -0.423. The van der Waals surface area contributed by atoms with Gasteiger partial charge in [-0.3, -0.25) is 10.1 Å². The molecule has 3 aromatic rings. The number of carbonyl (C=O) groups is 1. The van der Waals surface area contributed by atoms with Crippen LogP contribution in [0.25, 0.3) is 0 Å². The monoisotopic (exact) mass is 481 g/mol. The molecule has 7 nitrogen and oxygen atoms in total. The van der Waals surface area contributed by atoms with Gasteiger partial charge in [-0.1, -0.05) is 42.5 Å². The number of amides is 1. The van der Waals surface area contributed by atoms with Crippen molar-refractivity contribution in [1.82, 2.24) is 14.8 Å². The van der Waals surface area contributed by atoms with E-state index >= 15 is 0 Å². The standard InChI is InChI=1S/C24H27N5O2S2/c1-6-12-29-21(14-32-18-10-8-15(3)9-11-18)27-28-24(29)33-20(7-2)22(30)26-23-19(13-25)16(4)17(5)31-23/h6,8-11,20H,1,7,12,14H2,2-5H3,(H,26,30). The molecule has 0 aliphatic heterocycles. The molecule has 0 fully saturated rings. The number of furan rings is 1. The summed E-state index contributed by atoms with van der Waals surface area (Å²) in [4.78, 5) is 14.1. The predicted octanol–water partition coefficient (Wildman–Crippen LogP) is 5.66. The summed E-state index contributed by atoms with van der Waals surface area (Å²) >= 11 is 3.03. The highest BCUT2D eigenvalue weighted by Crippen LogP contribution is 2.30. The van der Waals surface area contributed by atoms with Crippen LogP contribution < -0.4 is 5.32 Å². The van der Waals surface area contributed by atoms with Gasteiger partial charge >= 0.3 is 0 Å². The number of nitriles is 1. The van der Waals surface area contributed by atoms with Crippen molar-refractivity contribution in [2.24, 2.45) is 0 Å². The Morgan fingerprint density at radius 2 is 2.03 bits per heavy atom. The van der Waals surface area contributed by atoms with Crippen LogP contribution in [0.15, 0.2) is 51.4 Å². The lowest BCUT2D eigenvalue weighted by molar-refractivity contribution is -0.115. The fourth-order valence-corrected chi connectivity index (χ4v) is 4.92. The summed E-state index contributed by atoms with van der Waals surface area (Å²) in [5.74, 6) is 2.05. The van der Waals surface area contributed by atoms with E-state index in [2.05, 4.69) is 59.4 Å². The third-order valence-corrected chi connectivity index (χ3v) is 7.49. The molecular weight excluding hydrogens is 454 g/mol. The number of nitrogens with one attached hydrogen (secondary N) is 1. The van der Waals surface area contributed by atoms with Crippen molar-refractivity contribution in [1.29, 1.82) is 5.26 Å². The van der Waals surface area contributed by atoms with Gasteiger partial charge in [-0.25, -0.2) is 0 Å². The Hall–Kier alpha value is -2.96. The molecule has 33 heavy (non-hydrogen) atoms. The Labute approximate surface area is 202 Å². The summed E-state index contributed by atoms with van der Waals surface area (Å²) in [6.45, 7) is 12.0. The van der Waals surface area contributed by atoms with E-state index in [1.807, 2.05) is 11.5 Å². The molecule has 1 amide bonds. The number of anilines is 1. The van der Waals surface area contributed by atoms with Crippen LogP contribution in [0.4, 0.5) is 5.88 Å². The average Bonchev–Trinajstić information content (AvgIpc) is 3.30. The van der Waals surface area contributed by atoms with Gasteiger partial charge in [-0.15, -0.1) is 28.5 Å². The predicted molar refractivity (Wildman–Crippen MR) is 132 cm³/mol. The second-order valence-corrected chi connectivity index (χ2v) is 9.72. The van der Waals surface area contributed by atoms with Gasteiger partial charge in [-0.05, 0) is 39.3 Å². The quantitative estimate of drug-likeness (QED) is 0.295. The number of nitrogens with zero attached hydrogens (tertiary/aromatic N) is 4. The SMILES string of the molecule is C=CCn1c(CSc2ccc(C)cc2)nnc1SC(CC)C(=O)Nc1oc(C)c(C)c1C#N. The summed E-state index contributed by atoms with van der Waals surface area (Å²) in [5, 5.41) is 21.1. The van der Waals surface area contributed by atoms with Gasteiger partial charge in [0.25, 0.3) is 0 Å². The van der Waals surface area contributed by atoms with Gasteiger partial charge < -0.3 is 8.98 Å². The number of rotatable bonds is 10. The Morgan fingerprint density at radius 1 is 1.30 bits per heavy atom. The summed E-state index contributed by atoms with van der Waals surface area (Å²) in [6, 6.07) is 10.5. The van der Waals surface area contributed by atoms with Crippen LogP contribution in [0.1, 0.15) is 41.6 Å². The zero-order valence-electron chi connectivity index (χ0n) is 19.2. The van der Waals surface area contributed by atoms with Gasteiger partial charge in [0.1, 0.15) is 23.2 Å². The molecule has 1 atom stereocenters. The van der Waals surface area contributed by atoms with Gasteiger partial charge in [0, 0.05) is 17.0 Å². The van der Waals surface area contributed by atoms with Crippen molar-refractivity contribution in [3.63, 3.8) is 0 Å². The van der Waals surface area contributed by atoms with E-state index in [-0.39, 0.29) is 11.8 Å². The minimum Gasteiger partial charge on any atom is -0.444 e. The number of thioether (sulfide) groups is 2. The Balaban J connectivity index is 1.74. The third kappa shape index (κ3) is 5.89. The van der Waals surface area contributed by atoms with E-state index in [1.165, 1.54) is 17.3 Å². The molecule has 9 heteroatoms. The summed E-state index contributed by atoms with van der Waals surface area (Å²) in [5.41, 5.74) is 2.30. The van der Waals surface area contributed by atoms with Crippen LogP contribution in [-0.2, 0) is 17.1 Å². The third-order valence-electron chi connectivity index (χ3n) is 5.14. The molecule has 2 aromatic heterocycles. The lowest BCUT2D eigenvalue weighted by Gasteiger charge is -2.14. The van der Waals surface area contributed by atoms with Crippen LogP contribution in [0, 0.1) is 32.1 Å². The van der Waals surface area contributed by atoms with Crippen LogP contribution in [0.3, 0.4) is 0 Å². The summed E-state index contributed by atoms with van der Waals surface area (Å²) < 4.78 is 7.57. The second-order valence-electron chi connectivity index (χ2n) is 7.50. The van der Waals surface area contributed by atoms with Crippen molar-refractivity contribution in [2.45, 2.75) is 61.7 Å². The second kappa shape index (κ2) is 11.3. The molecule has 172 valence electrons. The number of aromatic nitrogens is 3. The molecule has 1 N–H and O–H groups in total. The van der Waals surface area contributed by atoms with E-state index in [0.717, 1.165) is 16.3 Å². The van der Waals surface area contributed by atoms with Crippen molar-refractivity contribution in [2.75, 3.05) is 5.32 Å². The van der Waals surface area contributed by atoms with E-state index in [1.54, 1.807) is 31.7 Å². The minimum absolute atomic E-state index is 0.194. The number of benzene rings is 1. The fourth-order valence-electron chi connectivity index (χ4n) is 3.10. The number of hydrogen-bond acceptors (Lipinski definition) is 7. The van der Waals surface area contributed by atoms with E-state index in [0.29, 0.717) is 35.2 Å². The highest BCUT2D eigenvalue weighted by molar-refractivity contribution is 8.00. The van der Waals surface area contributed by atoms with Crippen molar-refractivity contribution in [3.05, 3.63) is 65.2 Å². The molecule has 0 saturated carbocycles. The topological polar surface area (TPSA) is 96.7 Å². The van der Waals surface area contributed by atoms with E-state index < -0.39 is 5.25 Å². The Kier molecular flexibility index (Phi) is 8.42. The van der Waals surface area contributed by atoms with Gasteiger partial charge in [0.15, 0.2) is 5.16 Å². The number of allylic oxidation sites excluding steroid dienone is 1. The molecule has 0 spiro atoms. The van der Waals surface area contributed by atoms with Gasteiger partial charge in [0.2, 0.25) is 11.8 Å². The Bertz CT molecular complexity index is 1170. The highest BCUT2D eigenvalue weighted by Gasteiger charge is 2.25. The van der Waals surface area contributed by atoms with E-state index in [9.17, 15) is 10.1 Å².